The third-order valence-electron chi connectivity index (χ3n) is 3.94. The predicted octanol–water partition coefficient (Wildman–Crippen LogP) is 8.29. The van der Waals surface area contributed by atoms with E-state index in [1.165, 1.54) is 0 Å². The maximum atomic E-state index is 12.9. The third-order valence-corrected chi connectivity index (χ3v) is 4.94. The van der Waals surface area contributed by atoms with Crippen molar-refractivity contribution in [1.29, 1.82) is 0 Å². The first-order chi connectivity index (χ1) is 10.8. The molecule has 0 fully saturated rings. The summed E-state index contributed by atoms with van der Waals surface area (Å²) in [5.74, 6) is -0.853. The first-order valence-electron chi connectivity index (χ1n) is 8.42. The van der Waals surface area contributed by atoms with E-state index in [0.717, 1.165) is 51.4 Å². The second kappa shape index (κ2) is 13.5. The standard InChI is InChI=1S/C17H28BrClF4/c1-14(10-8-12-20)9-6-4-2-3-5-7-11-17(18,19)13-15(21)16(22)23/h14H,2-13H2,1H3. The maximum absolute atomic E-state index is 12.9. The fourth-order valence-electron chi connectivity index (χ4n) is 2.54. The van der Waals surface area contributed by atoms with Crippen molar-refractivity contribution in [2.24, 2.45) is 5.92 Å². The molecule has 0 heterocycles. The summed E-state index contributed by atoms with van der Waals surface area (Å²) in [6.45, 7) is 1.94. The quantitative estimate of drug-likeness (QED) is 0.150. The lowest BCUT2D eigenvalue weighted by Gasteiger charge is -2.18. The Morgan fingerprint density at radius 1 is 0.957 bits per heavy atom. The molecule has 138 valence electrons. The Labute approximate surface area is 151 Å². The van der Waals surface area contributed by atoms with Crippen molar-refractivity contribution in [3.63, 3.8) is 0 Å². The van der Waals surface area contributed by atoms with Gasteiger partial charge in [-0.25, -0.2) is 4.39 Å². The van der Waals surface area contributed by atoms with Crippen LogP contribution in [0, 0.1) is 5.92 Å². The molecule has 0 nitrogen and oxygen atoms in total. The third kappa shape index (κ3) is 14.3. The molecule has 0 aliphatic heterocycles. The molecular formula is C17H28BrClF4. The van der Waals surface area contributed by atoms with Gasteiger partial charge in [0.2, 0.25) is 0 Å². The minimum Gasteiger partial charge on any atom is -0.251 e. The Balaban J connectivity index is 3.57. The number of hydrogen-bond donors (Lipinski definition) is 0. The first-order valence-corrected chi connectivity index (χ1v) is 9.59. The summed E-state index contributed by atoms with van der Waals surface area (Å²) < 4.78 is 47.9. The highest BCUT2D eigenvalue weighted by molar-refractivity contribution is 9.10. The van der Waals surface area contributed by atoms with Crippen molar-refractivity contribution in [3.05, 3.63) is 11.9 Å². The maximum Gasteiger partial charge on any atom is 0.301 e. The summed E-state index contributed by atoms with van der Waals surface area (Å²) in [6.07, 6.45) is 6.69. The predicted molar refractivity (Wildman–Crippen MR) is 93.8 cm³/mol. The molecule has 0 aliphatic carbocycles. The van der Waals surface area contributed by atoms with E-state index in [1.807, 2.05) is 0 Å². The van der Waals surface area contributed by atoms with Crippen LogP contribution in [-0.2, 0) is 0 Å². The van der Waals surface area contributed by atoms with Crippen molar-refractivity contribution < 1.29 is 17.6 Å². The fourth-order valence-corrected chi connectivity index (χ4v) is 3.31. The largest absolute Gasteiger partial charge is 0.301 e. The van der Waals surface area contributed by atoms with Gasteiger partial charge in [0.05, 0.1) is 6.67 Å². The summed E-state index contributed by atoms with van der Waals surface area (Å²) in [4.78, 5) is 0. The van der Waals surface area contributed by atoms with Crippen molar-refractivity contribution in [1.82, 2.24) is 0 Å². The van der Waals surface area contributed by atoms with E-state index < -0.39 is 22.1 Å². The fraction of sp³-hybridized carbons (Fsp3) is 0.882. The molecule has 0 aromatic heterocycles. The molecule has 0 rings (SSSR count). The number of unbranched alkanes of at least 4 members (excludes halogenated alkanes) is 5. The zero-order valence-electron chi connectivity index (χ0n) is 13.8. The van der Waals surface area contributed by atoms with E-state index in [9.17, 15) is 17.6 Å². The van der Waals surface area contributed by atoms with Crippen LogP contribution in [0.2, 0.25) is 0 Å². The van der Waals surface area contributed by atoms with Crippen molar-refractivity contribution in [2.45, 2.75) is 81.3 Å². The van der Waals surface area contributed by atoms with Gasteiger partial charge in [-0.15, -0.1) is 11.6 Å². The van der Waals surface area contributed by atoms with Crippen LogP contribution in [0.4, 0.5) is 17.6 Å². The SMILES string of the molecule is CC(CCCF)CCCCCCCCC(Cl)(Br)CC(F)=C(F)F. The Morgan fingerprint density at radius 2 is 1.48 bits per heavy atom. The molecule has 2 unspecified atom stereocenters. The van der Waals surface area contributed by atoms with Crippen LogP contribution < -0.4 is 0 Å². The van der Waals surface area contributed by atoms with Gasteiger partial charge in [-0.1, -0.05) is 67.8 Å². The molecule has 0 N–H and O–H groups in total. The smallest absolute Gasteiger partial charge is 0.251 e. The van der Waals surface area contributed by atoms with Crippen LogP contribution in [0.3, 0.4) is 0 Å². The summed E-state index contributed by atoms with van der Waals surface area (Å²) in [5, 5.41) is 0. The van der Waals surface area contributed by atoms with Crippen molar-refractivity contribution >= 4 is 27.5 Å². The summed E-state index contributed by atoms with van der Waals surface area (Å²) >= 11 is 9.11. The lowest BCUT2D eigenvalue weighted by atomic mass is 9.97. The molecule has 0 amide bonds. The number of alkyl halides is 3. The van der Waals surface area contributed by atoms with Gasteiger partial charge in [0.1, 0.15) is 3.78 Å². The summed E-state index contributed by atoms with van der Waals surface area (Å²) in [6, 6.07) is 0. The zero-order valence-corrected chi connectivity index (χ0v) is 16.2. The number of hydrogen-bond acceptors (Lipinski definition) is 0. The minimum atomic E-state index is -2.30. The van der Waals surface area contributed by atoms with E-state index >= 15 is 0 Å². The lowest BCUT2D eigenvalue weighted by molar-refractivity contribution is 0.365. The van der Waals surface area contributed by atoms with Crippen molar-refractivity contribution in [3.8, 4) is 0 Å². The van der Waals surface area contributed by atoms with E-state index in [2.05, 4.69) is 22.9 Å². The molecule has 23 heavy (non-hydrogen) atoms. The van der Waals surface area contributed by atoms with Crippen LogP contribution in [-0.4, -0.2) is 10.5 Å². The molecule has 0 saturated heterocycles. The summed E-state index contributed by atoms with van der Waals surface area (Å²) in [5.41, 5.74) is 0. The van der Waals surface area contributed by atoms with Gasteiger partial charge in [0, 0.05) is 6.42 Å². The van der Waals surface area contributed by atoms with Gasteiger partial charge in [0.25, 0.3) is 0 Å². The highest BCUT2D eigenvalue weighted by Gasteiger charge is 2.26. The molecule has 0 aromatic rings. The minimum absolute atomic E-state index is 0.225. The Bertz CT molecular complexity index is 331. The van der Waals surface area contributed by atoms with Gasteiger partial charge in [-0.2, -0.15) is 8.78 Å². The second-order valence-electron chi connectivity index (χ2n) is 6.29. The molecule has 6 heteroatoms. The van der Waals surface area contributed by atoms with Gasteiger partial charge >= 0.3 is 6.08 Å². The Morgan fingerprint density at radius 3 is 2.04 bits per heavy atom. The van der Waals surface area contributed by atoms with E-state index in [0.29, 0.717) is 18.8 Å². The van der Waals surface area contributed by atoms with Crippen LogP contribution in [0.5, 0.6) is 0 Å². The van der Waals surface area contributed by atoms with Gasteiger partial charge in [-0.05, 0) is 25.2 Å². The lowest BCUT2D eigenvalue weighted by Crippen LogP contribution is -2.12. The number of allylic oxidation sites excluding steroid dienone is 1. The van der Waals surface area contributed by atoms with E-state index in [4.69, 9.17) is 11.6 Å². The van der Waals surface area contributed by atoms with Crippen molar-refractivity contribution in [2.75, 3.05) is 6.67 Å². The van der Waals surface area contributed by atoms with E-state index in [-0.39, 0.29) is 6.67 Å². The molecule has 0 aromatic carbocycles. The second-order valence-corrected chi connectivity index (χ2v) is 8.99. The number of halogens is 6. The average Bonchev–Trinajstić information content (AvgIpc) is 2.47. The summed E-state index contributed by atoms with van der Waals surface area (Å²) in [7, 11) is 0. The topological polar surface area (TPSA) is 0 Å². The molecule has 0 aliphatic rings. The normalized spacial score (nSPS) is 15.3. The van der Waals surface area contributed by atoms with Crippen LogP contribution in [0.25, 0.3) is 0 Å². The van der Waals surface area contributed by atoms with Gasteiger partial charge in [0.15, 0.2) is 5.83 Å². The first kappa shape index (κ1) is 23.2. The van der Waals surface area contributed by atoms with Gasteiger partial charge < -0.3 is 0 Å². The molecule has 0 radical (unpaired) electrons. The zero-order chi connectivity index (χ0) is 17.7. The van der Waals surface area contributed by atoms with Gasteiger partial charge in [-0.3, -0.25) is 4.39 Å². The highest BCUT2D eigenvalue weighted by atomic mass is 79.9. The van der Waals surface area contributed by atoms with Crippen LogP contribution in [0.1, 0.15) is 77.6 Å². The molecule has 0 saturated carbocycles. The number of rotatable bonds is 14. The monoisotopic (exact) mass is 422 g/mol. The Hall–Kier alpha value is 0.230. The molecule has 2 atom stereocenters. The van der Waals surface area contributed by atoms with E-state index in [1.54, 1.807) is 0 Å². The Kier molecular flexibility index (Phi) is 13.6. The molecule has 0 bridgehead atoms. The molecule has 0 spiro atoms. The van der Waals surface area contributed by atoms with Crippen LogP contribution >= 0.6 is 27.5 Å². The molecular weight excluding hydrogens is 396 g/mol. The van der Waals surface area contributed by atoms with Crippen LogP contribution in [0.15, 0.2) is 11.9 Å². The highest BCUT2D eigenvalue weighted by Crippen LogP contribution is 2.38. The average molecular weight is 424 g/mol.